The van der Waals surface area contributed by atoms with Crippen molar-refractivity contribution in [2.75, 3.05) is 0 Å². The maximum atomic E-state index is 13.0. The molecule has 8 heteroatoms. The first-order chi connectivity index (χ1) is 15.0. The molecule has 0 atom stereocenters. The number of para-hydroxylation sites is 1. The van der Waals surface area contributed by atoms with Crippen molar-refractivity contribution < 1.29 is 14.8 Å². The van der Waals surface area contributed by atoms with Crippen molar-refractivity contribution in [1.82, 2.24) is 15.1 Å². The number of aromatic nitrogens is 2. The number of amides is 1. The smallest absolute Gasteiger partial charge is 0.269 e. The number of hydrogen-bond donors (Lipinski definition) is 1. The lowest BCUT2D eigenvalue weighted by molar-refractivity contribution is -0.385. The van der Waals surface area contributed by atoms with E-state index in [1.807, 2.05) is 60.7 Å². The molecule has 0 unspecified atom stereocenters. The van der Waals surface area contributed by atoms with Crippen LogP contribution in [0.1, 0.15) is 15.9 Å². The van der Waals surface area contributed by atoms with Crippen LogP contribution >= 0.6 is 0 Å². The summed E-state index contributed by atoms with van der Waals surface area (Å²) in [6.45, 7) is -0.135. The van der Waals surface area contributed by atoms with Gasteiger partial charge < -0.3 is 10.4 Å². The first kappa shape index (κ1) is 19.8. The summed E-state index contributed by atoms with van der Waals surface area (Å²) in [5, 5.41) is 30.3. The molecular formula is C23H17N4O4-. The van der Waals surface area contributed by atoms with Gasteiger partial charge in [-0.3, -0.25) is 14.9 Å². The van der Waals surface area contributed by atoms with Gasteiger partial charge in [0.05, 0.1) is 16.2 Å². The van der Waals surface area contributed by atoms with Gasteiger partial charge in [-0.15, -0.1) is 5.75 Å². The van der Waals surface area contributed by atoms with Gasteiger partial charge >= 0.3 is 0 Å². The fourth-order valence-electron chi connectivity index (χ4n) is 3.15. The van der Waals surface area contributed by atoms with Crippen LogP contribution in [-0.4, -0.2) is 20.6 Å². The molecule has 154 valence electrons. The van der Waals surface area contributed by atoms with Crippen LogP contribution < -0.4 is 10.4 Å². The largest absolute Gasteiger partial charge is 0.872 e. The van der Waals surface area contributed by atoms with Gasteiger partial charge in [0.25, 0.3) is 11.6 Å². The van der Waals surface area contributed by atoms with E-state index in [2.05, 4.69) is 10.4 Å². The molecule has 31 heavy (non-hydrogen) atoms. The average Bonchev–Trinajstić information content (AvgIpc) is 3.25. The topological polar surface area (TPSA) is 113 Å². The van der Waals surface area contributed by atoms with Crippen molar-refractivity contribution >= 4 is 11.6 Å². The minimum atomic E-state index is -0.581. The van der Waals surface area contributed by atoms with Crippen LogP contribution in [0.3, 0.4) is 0 Å². The Morgan fingerprint density at radius 2 is 1.68 bits per heavy atom. The molecule has 8 nitrogen and oxygen atoms in total. The number of nitrogens with one attached hydrogen (secondary N) is 1. The standard InChI is InChI=1S/C23H18N4O4/c28-21-12-11-19(27(30)31)13-17(21)14-24-23(29)20-15-26(18-9-5-2-6-10-18)25-22(20)16-7-3-1-4-8-16/h1-13,15,28H,14H2,(H,24,29)/p-1. The molecule has 3 aromatic carbocycles. The van der Waals surface area contributed by atoms with Crippen molar-refractivity contribution in [2.45, 2.75) is 6.54 Å². The Labute approximate surface area is 177 Å². The lowest BCUT2D eigenvalue weighted by Gasteiger charge is -2.13. The van der Waals surface area contributed by atoms with E-state index >= 15 is 0 Å². The van der Waals surface area contributed by atoms with E-state index in [9.17, 15) is 20.0 Å². The summed E-state index contributed by atoms with van der Waals surface area (Å²) in [7, 11) is 0. The van der Waals surface area contributed by atoms with Gasteiger partial charge in [0.15, 0.2) is 0 Å². The zero-order chi connectivity index (χ0) is 21.8. The molecule has 1 heterocycles. The summed E-state index contributed by atoms with van der Waals surface area (Å²) in [5.74, 6) is -0.818. The van der Waals surface area contributed by atoms with E-state index in [0.717, 1.165) is 23.4 Å². The number of nitro benzene ring substituents is 1. The maximum Gasteiger partial charge on any atom is 0.269 e. The molecule has 4 aromatic rings. The highest BCUT2D eigenvalue weighted by atomic mass is 16.6. The van der Waals surface area contributed by atoms with Crippen LogP contribution in [0.5, 0.6) is 5.75 Å². The molecule has 0 spiro atoms. The molecular weight excluding hydrogens is 396 g/mol. The van der Waals surface area contributed by atoms with Crippen molar-refractivity contribution in [2.24, 2.45) is 0 Å². The first-order valence-corrected chi connectivity index (χ1v) is 9.46. The molecule has 0 bridgehead atoms. The normalized spacial score (nSPS) is 10.6. The fraction of sp³-hybridized carbons (Fsp3) is 0.0435. The molecule has 0 saturated carbocycles. The van der Waals surface area contributed by atoms with E-state index in [0.29, 0.717) is 11.3 Å². The van der Waals surface area contributed by atoms with Gasteiger partial charge in [0.1, 0.15) is 5.69 Å². The summed E-state index contributed by atoms with van der Waals surface area (Å²) in [6, 6.07) is 22.1. The summed E-state index contributed by atoms with van der Waals surface area (Å²) in [6.07, 6.45) is 1.62. The molecule has 0 fully saturated rings. The lowest BCUT2D eigenvalue weighted by atomic mass is 10.1. The van der Waals surface area contributed by atoms with Gasteiger partial charge in [0, 0.05) is 30.4 Å². The lowest BCUT2D eigenvalue weighted by Crippen LogP contribution is -2.23. The number of rotatable bonds is 6. The van der Waals surface area contributed by atoms with Crippen molar-refractivity contribution in [3.63, 3.8) is 0 Å². The van der Waals surface area contributed by atoms with Gasteiger partial charge in [-0.2, -0.15) is 5.10 Å². The summed E-state index contributed by atoms with van der Waals surface area (Å²) >= 11 is 0. The molecule has 0 radical (unpaired) electrons. The Morgan fingerprint density at radius 1 is 1.00 bits per heavy atom. The number of hydrogen-bond acceptors (Lipinski definition) is 5. The maximum absolute atomic E-state index is 13.0. The van der Waals surface area contributed by atoms with Gasteiger partial charge in [-0.1, -0.05) is 54.6 Å². The fourth-order valence-corrected chi connectivity index (χ4v) is 3.15. The SMILES string of the molecule is O=C(NCc1cc([N+](=O)[O-])ccc1[O-])c1cn(-c2ccccc2)nc1-c1ccccc1. The second-order valence-electron chi connectivity index (χ2n) is 6.77. The first-order valence-electron chi connectivity index (χ1n) is 9.46. The summed E-state index contributed by atoms with van der Waals surface area (Å²) in [5.41, 5.74) is 2.31. The minimum absolute atomic E-state index is 0.135. The number of carbonyl (C=O) groups excluding carboxylic acids is 1. The Kier molecular flexibility index (Phi) is 5.44. The van der Waals surface area contributed by atoms with Gasteiger partial charge in [-0.05, 0) is 17.7 Å². The third-order valence-electron chi connectivity index (χ3n) is 4.72. The second kappa shape index (κ2) is 8.50. The number of benzene rings is 3. The van der Waals surface area contributed by atoms with Crippen molar-refractivity contribution in [3.05, 3.63) is 106 Å². The third kappa shape index (κ3) is 4.27. The minimum Gasteiger partial charge on any atom is -0.872 e. The van der Waals surface area contributed by atoms with Crippen LogP contribution in [0.25, 0.3) is 16.9 Å². The van der Waals surface area contributed by atoms with Crippen LogP contribution in [0.2, 0.25) is 0 Å². The number of non-ortho nitro benzene ring substituents is 1. The highest BCUT2D eigenvalue weighted by molar-refractivity contribution is 5.99. The van der Waals surface area contributed by atoms with Crippen LogP contribution in [0.15, 0.2) is 85.1 Å². The zero-order valence-electron chi connectivity index (χ0n) is 16.3. The number of nitrogens with zero attached hydrogens (tertiary/aromatic N) is 3. The van der Waals surface area contributed by atoms with Gasteiger partial charge in [0.2, 0.25) is 0 Å². The van der Waals surface area contributed by atoms with E-state index in [1.54, 1.807) is 10.9 Å². The number of carbonyl (C=O) groups is 1. The van der Waals surface area contributed by atoms with E-state index < -0.39 is 10.8 Å². The van der Waals surface area contributed by atoms with Crippen molar-refractivity contribution in [3.8, 4) is 22.7 Å². The monoisotopic (exact) mass is 413 g/mol. The quantitative estimate of drug-likeness (QED) is 0.384. The molecule has 1 amide bonds. The summed E-state index contributed by atoms with van der Waals surface area (Å²) < 4.78 is 1.61. The van der Waals surface area contributed by atoms with Crippen LogP contribution in [-0.2, 0) is 6.54 Å². The predicted octanol–water partition coefficient (Wildman–Crippen LogP) is 3.45. The highest BCUT2D eigenvalue weighted by Crippen LogP contribution is 2.25. The van der Waals surface area contributed by atoms with E-state index in [-0.39, 0.29) is 23.5 Å². The summed E-state index contributed by atoms with van der Waals surface area (Å²) in [4.78, 5) is 23.4. The molecule has 0 aliphatic heterocycles. The molecule has 0 aliphatic carbocycles. The molecule has 1 N–H and O–H groups in total. The average molecular weight is 413 g/mol. The second-order valence-corrected chi connectivity index (χ2v) is 6.77. The van der Waals surface area contributed by atoms with Crippen molar-refractivity contribution in [1.29, 1.82) is 0 Å². The Morgan fingerprint density at radius 3 is 2.35 bits per heavy atom. The Hall–Kier alpha value is -4.46. The third-order valence-corrected chi connectivity index (χ3v) is 4.72. The Balaban J connectivity index is 1.65. The molecule has 0 saturated heterocycles. The predicted molar refractivity (Wildman–Crippen MR) is 113 cm³/mol. The van der Waals surface area contributed by atoms with E-state index in [4.69, 9.17) is 0 Å². The Bertz CT molecular complexity index is 1240. The van der Waals surface area contributed by atoms with Gasteiger partial charge in [-0.25, -0.2) is 4.68 Å². The molecule has 0 aliphatic rings. The molecule has 1 aromatic heterocycles. The zero-order valence-corrected chi connectivity index (χ0v) is 16.3. The van der Waals surface area contributed by atoms with Crippen LogP contribution in [0.4, 0.5) is 5.69 Å². The highest BCUT2D eigenvalue weighted by Gasteiger charge is 2.19. The van der Waals surface area contributed by atoms with Crippen LogP contribution in [0, 0.1) is 10.1 Å². The number of nitro groups is 1. The molecule has 4 rings (SSSR count). The van der Waals surface area contributed by atoms with E-state index in [1.165, 1.54) is 6.07 Å².